The van der Waals surface area contributed by atoms with Crippen LogP contribution in [0.1, 0.15) is 30.5 Å². The van der Waals surface area contributed by atoms with Crippen LogP contribution in [0.25, 0.3) is 22.3 Å². The van der Waals surface area contributed by atoms with Gasteiger partial charge in [-0.3, -0.25) is 0 Å². The Balaban J connectivity index is 1.58. The van der Waals surface area contributed by atoms with Gasteiger partial charge in [0.1, 0.15) is 0 Å². The Kier molecular flexibility index (Phi) is 8.49. The standard InChI is InChI=1S/C34H32O6/c1-7-32(35)38-19-23-15-25-8-9-27(17-28(25)16-23)29-12-10-24(14-22(29)6)26-11-13-30(39-33(36)20(2)3)31(18-26)40-34(37)21(4)5/h7-14,17-18,23H,1-2,4,15-16,19H2,3,5-6H3. The summed E-state index contributed by atoms with van der Waals surface area (Å²) in [6, 6.07) is 17.7. The molecule has 40 heavy (non-hydrogen) atoms. The Morgan fingerprint density at radius 2 is 1.40 bits per heavy atom. The van der Waals surface area contributed by atoms with Crippen LogP contribution in [0.3, 0.4) is 0 Å². The fourth-order valence-corrected chi connectivity index (χ4v) is 4.65. The van der Waals surface area contributed by atoms with E-state index in [0.717, 1.165) is 40.7 Å². The summed E-state index contributed by atoms with van der Waals surface area (Å²) in [5.41, 5.74) is 8.00. The molecule has 0 heterocycles. The molecule has 1 aliphatic carbocycles. The van der Waals surface area contributed by atoms with E-state index in [4.69, 9.17) is 14.2 Å². The molecule has 1 unspecified atom stereocenters. The highest BCUT2D eigenvalue weighted by Crippen LogP contribution is 2.37. The van der Waals surface area contributed by atoms with E-state index < -0.39 is 17.9 Å². The van der Waals surface area contributed by atoms with Crippen LogP contribution in [0.15, 0.2) is 91.6 Å². The highest BCUT2D eigenvalue weighted by Gasteiger charge is 2.23. The van der Waals surface area contributed by atoms with Crippen molar-refractivity contribution in [3.05, 3.63) is 108 Å². The van der Waals surface area contributed by atoms with Crippen molar-refractivity contribution in [1.29, 1.82) is 0 Å². The van der Waals surface area contributed by atoms with Gasteiger partial charge in [0, 0.05) is 23.1 Å². The lowest BCUT2D eigenvalue weighted by Gasteiger charge is -2.14. The molecule has 1 aliphatic rings. The maximum atomic E-state index is 12.3. The van der Waals surface area contributed by atoms with Crippen LogP contribution in [-0.2, 0) is 32.0 Å². The Morgan fingerprint density at radius 1 is 0.800 bits per heavy atom. The molecule has 1 atom stereocenters. The van der Waals surface area contributed by atoms with E-state index in [1.165, 1.54) is 17.2 Å². The number of benzene rings is 3. The second kappa shape index (κ2) is 12.0. The number of aryl methyl sites for hydroxylation is 1. The monoisotopic (exact) mass is 536 g/mol. The van der Waals surface area contributed by atoms with Gasteiger partial charge in [-0.2, -0.15) is 0 Å². The van der Waals surface area contributed by atoms with Crippen molar-refractivity contribution in [1.82, 2.24) is 0 Å². The average Bonchev–Trinajstić information content (AvgIpc) is 3.34. The van der Waals surface area contributed by atoms with Gasteiger partial charge in [-0.1, -0.05) is 62.2 Å². The number of ether oxygens (including phenoxy) is 3. The molecule has 204 valence electrons. The molecule has 0 N–H and O–H groups in total. The summed E-state index contributed by atoms with van der Waals surface area (Å²) < 4.78 is 16.1. The minimum atomic E-state index is -0.617. The van der Waals surface area contributed by atoms with Crippen LogP contribution in [0, 0.1) is 12.8 Å². The molecule has 3 aromatic rings. The Morgan fingerprint density at radius 3 is 2.05 bits per heavy atom. The molecule has 0 aliphatic heterocycles. The molecule has 0 fully saturated rings. The van der Waals surface area contributed by atoms with E-state index in [1.54, 1.807) is 26.0 Å². The quantitative estimate of drug-likeness (QED) is 0.171. The van der Waals surface area contributed by atoms with Crippen molar-refractivity contribution in [2.45, 2.75) is 33.6 Å². The smallest absolute Gasteiger partial charge is 0.338 e. The van der Waals surface area contributed by atoms with Gasteiger partial charge >= 0.3 is 17.9 Å². The molecule has 0 saturated carbocycles. The van der Waals surface area contributed by atoms with E-state index in [2.05, 4.69) is 57.0 Å². The topological polar surface area (TPSA) is 78.9 Å². The zero-order chi connectivity index (χ0) is 29.0. The van der Waals surface area contributed by atoms with Gasteiger partial charge in [0.2, 0.25) is 0 Å². The van der Waals surface area contributed by atoms with Crippen molar-refractivity contribution in [3.63, 3.8) is 0 Å². The molecule has 0 radical (unpaired) electrons. The summed E-state index contributed by atoms with van der Waals surface area (Å²) in [6.07, 6.45) is 2.93. The Bertz CT molecular complexity index is 1540. The number of carbonyl (C=O) groups excluding carboxylic acids is 3. The van der Waals surface area contributed by atoms with E-state index >= 15 is 0 Å². The number of fused-ring (bicyclic) bond motifs is 1. The van der Waals surface area contributed by atoms with E-state index in [9.17, 15) is 14.4 Å². The van der Waals surface area contributed by atoms with Gasteiger partial charge in [-0.25, -0.2) is 14.4 Å². The van der Waals surface area contributed by atoms with Gasteiger partial charge < -0.3 is 14.2 Å². The molecule has 6 nitrogen and oxygen atoms in total. The van der Waals surface area contributed by atoms with Gasteiger partial charge in [0.05, 0.1) is 6.61 Å². The molecule has 0 saturated heterocycles. The number of rotatable bonds is 9. The fourth-order valence-electron chi connectivity index (χ4n) is 4.65. The zero-order valence-electron chi connectivity index (χ0n) is 23.0. The molecular formula is C34H32O6. The number of hydrogen-bond donors (Lipinski definition) is 0. The van der Waals surface area contributed by atoms with Crippen molar-refractivity contribution < 1.29 is 28.6 Å². The molecule has 4 rings (SSSR count). The minimum absolute atomic E-state index is 0.119. The summed E-state index contributed by atoms with van der Waals surface area (Å²) in [6.45, 7) is 16.2. The second-order valence-electron chi connectivity index (χ2n) is 10.1. The molecule has 0 amide bonds. The third-order valence-electron chi connectivity index (χ3n) is 6.77. The largest absolute Gasteiger partial charge is 0.462 e. The van der Waals surface area contributed by atoms with Crippen molar-refractivity contribution in [3.8, 4) is 33.8 Å². The SMILES string of the molecule is C=CC(=O)OCC1Cc2ccc(-c3ccc(-c4ccc(OC(=O)C(=C)C)c(OC(=O)C(=C)C)c4)cc3C)cc2C1. The minimum Gasteiger partial charge on any atom is -0.462 e. The van der Waals surface area contributed by atoms with Gasteiger partial charge in [-0.15, -0.1) is 0 Å². The Labute approximate surface area is 234 Å². The highest BCUT2D eigenvalue weighted by atomic mass is 16.6. The van der Waals surface area contributed by atoms with Gasteiger partial charge in [-0.05, 0) is 84.7 Å². The van der Waals surface area contributed by atoms with Crippen LogP contribution in [-0.4, -0.2) is 24.5 Å². The van der Waals surface area contributed by atoms with Crippen molar-refractivity contribution >= 4 is 17.9 Å². The number of hydrogen-bond acceptors (Lipinski definition) is 6. The highest BCUT2D eigenvalue weighted by molar-refractivity contribution is 5.91. The van der Waals surface area contributed by atoms with Crippen molar-refractivity contribution in [2.24, 2.45) is 5.92 Å². The molecule has 0 aromatic heterocycles. The van der Waals surface area contributed by atoms with Crippen LogP contribution in [0.5, 0.6) is 11.5 Å². The number of esters is 3. The maximum absolute atomic E-state index is 12.3. The average molecular weight is 537 g/mol. The van der Waals surface area contributed by atoms with E-state index in [0.29, 0.717) is 6.61 Å². The first-order chi connectivity index (χ1) is 19.0. The zero-order valence-corrected chi connectivity index (χ0v) is 23.0. The lowest BCUT2D eigenvalue weighted by molar-refractivity contribution is -0.139. The molecule has 6 heteroatoms. The van der Waals surface area contributed by atoms with E-state index in [-0.39, 0.29) is 28.6 Å². The third kappa shape index (κ3) is 6.46. The van der Waals surface area contributed by atoms with Crippen LogP contribution in [0.4, 0.5) is 0 Å². The maximum Gasteiger partial charge on any atom is 0.338 e. The predicted molar refractivity (Wildman–Crippen MR) is 155 cm³/mol. The summed E-state index contributed by atoms with van der Waals surface area (Å²) in [4.78, 5) is 35.8. The summed E-state index contributed by atoms with van der Waals surface area (Å²) in [5, 5.41) is 0. The first-order valence-corrected chi connectivity index (χ1v) is 13.0. The molecular weight excluding hydrogens is 504 g/mol. The first kappa shape index (κ1) is 28.3. The predicted octanol–water partition coefficient (Wildman–Crippen LogP) is 6.74. The van der Waals surface area contributed by atoms with E-state index in [1.807, 2.05) is 12.1 Å². The molecule has 0 bridgehead atoms. The van der Waals surface area contributed by atoms with Crippen LogP contribution >= 0.6 is 0 Å². The van der Waals surface area contributed by atoms with Gasteiger partial charge in [0.15, 0.2) is 11.5 Å². The van der Waals surface area contributed by atoms with Crippen LogP contribution < -0.4 is 9.47 Å². The fraction of sp³-hybridized carbons (Fsp3) is 0.206. The second-order valence-corrected chi connectivity index (χ2v) is 10.1. The van der Waals surface area contributed by atoms with Gasteiger partial charge in [0.25, 0.3) is 0 Å². The lowest BCUT2D eigenvalue weighted by atomic mass is 9.94. The van der Waals surface area contributed by atoms with Crippen molar-refractivity contribution in [2.75, 3.05) is 6.61 Å². The lowest BCUT2D eigenvalue weighted by Crippen LogP contribution is -2.12. The number of carbonyl (C=O) groups is 3. The molecule has 0 spiro atoms. The van der Waals surface area contributed by atoms with Crippen LogP contribution in [0.2, 0.25) is 0 Å². The normalized spacial score (nSPS) is 13.6. The first-order valence-electron chi connectivity index (χ1n) is 13.0. The summed E-state index contributed by atoms with van der Waals surface area (Å²) >= 11 is 0. The summed E-state index contributed by atoms with van der Waals surface area (Å²) in [7, 11) is 0. The Hall–Kier alpha value is -4.71. The third-order valence-corrected chi connectivity index (χ3v) is 6.77. The summed E-state index contributed by atoms with van der Waals surface area (Å²) in [5.74, 6) is -1.11. The molecule has 3 aromatic carbocycles.